The van der Waals surface area contributed by atoms with Crippen molar-refractivity contribution in [3.05, 3.63) is 95.1 Å². The highest BCUT2D eigenvalue weighted by Crippen LogP contribution is 2.18. The molecule has 0 amide bonds. The van der Waals surface area contributed by atoms with Crippen LogP contribution < -0.4 is 10.1 Å². The maximum absolute atomic E-state index is 11.3. The predicted molar refractivity (Wildman–Crippen MR) is 133 cm³/mol. The first-order valence-electron chi connectivity index (χ1n) is 11.6. The molecule has 0 heterocycles. The summed E-state index contributed by atoms with van der Waals surface area (Å²) in [6.07, 6.45) is 6.18. The molecule has 178 valence electrons. The standard InChI is InChI=1S/C28H31NO5/c30-27(31)25-17-14-23(20-26(25)28(32)33)29-18-7-11-22-12-15-24(16-13-22)34-19-6-2-5-10-21-8-3-1-4-9-21/h1,3-4,8-9,12-17,20,29H,2,5-7,10-11,18-19H2,(H,30,31)(H,32,33). The van der Waals surface area contributed by atoms with Gasteiger partial charge in [-0.3, -0.25) is 0 Å². The second-order valence-electron chi connectivity index (χ2n) is 8.19. The first-order chi connectivity index (χ1) is 16.5. The van der Waals surface area contributed by atoms with Gasteiger partial charge in [0.25, 0.3) is 0 Å². The average molecular weight is 462 g/mol. The van der Waals surface area contributed by atoms with Gasteiger partial charge in [-0.15, -0.1) is 0 Å². The van der Waals surface area contributed by atoms with Crippen LogP contribution in [0.4, 0.5) is 5.69 Å². The lowest BCUT2D eigenvalue weighted by atomic mass is 10.1. The summed E-state index contributed by atoms with van der Waals surface area (Å²) in [7, 11) is 0. The van der Waals surface area contributed by atoms with E-state index in [0.29, 0.717) is 12.2 Å². The third-order valence-electron chi connectivity index (χ3n) is 5.60. The van der Waals surface area contributed by atoms with Crippen molar-refractivity contribution in [2.75, 3.05) is 18.5 Å². The molecule has 3 aromatic carbocycles. The Morgan fingerprint density at radius 1 is 0.706 bits per heavy atom. The molecule has 0 saturated carbocycles. The summed E-state index contributed by atoms with van der Waals surface area (Å²) in [6, 6.07) is 22.9. The molecule has 0 aliphatic heterocycles. The van der Waals surface area contributed by atoms with Gasteiger partial charge in [0.05, 0.1) is 17.7 Å². The smallest absolute Gasteiger partial charge is 0.336 e. The third kappa shape index (κ3) is 7.96. The van der Waals surface area contributed by atoms with Gasteiger partial charge in [-0.25, -0.2) is 9.59 Å². The first-order valence-corrected chi connectivity index (χ1v) is 11.6. The van der Waals surface area contributed by atoms with Crippen molar-refractivity contribution in [1.29, 1.82) is 0 Å². The Balaban J connectivity index is 1.32. The SMILES string of the molecule is O=C(O)c1ccc(NCCCc2ccc(OCCCCCc3ccccc3)cc2)cc1C(=O)O. The Morgan fingerprint density at radius 3 is 2.09 bits per heavy atom. The van der Waals surface area contributed by atoms with Crippen LogP contribution in [-0.4, -0.2) is 35.3 Å². The summed E-state index contributed by atoms with van der Waals surface area (Å²) in [5.74, 6) is -1.63. The zero-order valence-corrected chi connectivity index (χ0v) is 19.2. The fraction of sp³-hybridized carbons (Fsp3) is 0.286. The van der Waals surface area contributed by atoms with Crippen LogP contribution in [0.2, 0.25) is 0 Å². The van der Waals surface area contributed by atoms with Crippen molar-refractivity contribution < 1.29 is 24.5 Å². The number of unbranched alkanes of at least 4 members (excludes halogenated alkanes) is 2. The lowest BCUT2D eigenvalue weighted by Crippen LogP contribution is -2.10. The monoisotopic (exact) mass is 461 g/mol. The van der Waals surface area contributed by atoms with Crippen LogP contribution in [-0.2, 0) is 12.8 Å². The van der Waals surface area contributed by atoms with Crippen molar-refractivity contribution in [2.24, 2.45) is 0 Å². The Kier molecular flexibility index (Phi) is 9.52. The van der Waals surface area contributed by atoms with Crippen LogP contribution in [0.3, 0.4) is 0 Å². The molecule has 34 heavy (non-hydrogen) atoms. The first kappa shape index (κ1) is 24.8. The molecule has 6 heteroatoms. The number of carbonyl (C=O) groups is 2. The van der Waals surface area contributed by atoms with E-state index in [4.69, 9.17) is 9.84 Å². The van der Waals surface area contributed by atoms with Crippen molar-refractivity contribution >= 4 is 17.6 Å². The molecular formula is C28H31NO5. The van der Waals surface area contributed by atoms with Gasteiger partial charge in [0, 0.05) is 12.2 Å². The minimum Gasteiger partial charge on any atom is -0.494 e. The Morgan fingerprint density at radius 2 is 1.38 bits per heavy atom. The fourth-order valence-electron chi connectivity index (χ4n) is 3.74. The van der Waals surface area contributed by atoms with E-state index >= 15 is 0 Å². The van der Waals surface area contributed by atoms with Gasteiger partial charge >= 0.3 is 11.9 Å². The van der Waals surface area contributed by atoms with Crippen LogP contribution in [0, 0.1) is 0 Å². The lowest BCUT2D eigenvalue weighted by molar-refractivity contribution is 0.0651. The number of aryl methyl sites for hydroxylation is 2. The van der Waals surface area contributed by atoms with Gasteiger partial charge in [-0.1, -0.05) is 42.5 Å². The molecule has 0 radical (unpaired) electrons. The van der Waals surface area contributed by atoms with Crippen LogP contribution in [0.15, 0.2) is 72.8 Å². The van der Waals surface area contributed by atoms with E-state index in [-0.39, 0.29) is 11.1 Å². The topological polar surface area (TPSA) is 95.9 Å². The van der Waals surface area contributed by atoms with Crippen molar-refractivity contribution in [2.45, 2.75) is 38.5 Å². The molecule has 6 nitrogen and oxygen atoms in total. The zero-order chi connectivity index (χ0) is 24.2. The maximum atomic E-state index is 11.3. The molecule has 0 unspecified atom stereocenters. The van der Waals surface area contributed by atoms with E-state index in [1.165, 1.54) is 29.7 Å². The Bertz CT molecular complexity index is 1060. The van der Waals surface area contributed by atoms with E-state index < -0.39 is 11.9 Å². The van der Waals surface area contributed by atoms with Crippen LogP contribution in [0.1, 0.15) is 57.5 Å². The van der Waals surface area contributed by atoms with E-state index in [1.807, 2.05) is 18.2 Å². The zero-order valence-electron chi connectivity index (χ0n) is 19.2. The number of benzene rings is 3. The average Bonchev–Trinajstić information content (AvgIpc) is 2.85. The number of hydrogen-bond acceptors (Lipinski definition) is 4. The number of ether oxygens (including phenoxy) is 1. The number of rotatable bonds is 14. The molecule has 0 aromatic heterocycles. The van der Waals surface area contributed by atoms with Gasteiger partial charge < -0.3 is 20.3 Å². The number of hydrogen-bond donors (Lipinski definition) is 3. The third-order valence-corrected chi connectivity index (χ3v) is 5.60. The highest BCUT2D eigenvalue weighted by molar-refractivity contribution is 6.02. The molecule has 0 aliphatic carbocycles. The van der Waals surface area contributed by atoms with Gasteiger partial charge in [0.2, 0.25) is 0 Å². The van der Waals surface area contributed by atoms with E-state index in [1.54, 1.807) is 6.07 Å². The van der Waals surface area contributed by atoms with Crippen molar-refractivity contribution in [3.8, 4) is 5.75 Å². The molecular weight excluding hydrogens is 430 g/mol. The van der Waals surface area contributed by atoms with E-state index in [9.17, 15) is 14.7 Å². The van der Waals surface area contributed by atoms with Crippen LogP contribution in [0.25, 0.3) is 0 Å². The minimum atomic E-state index is -1.25. The predicted octanol–water partition coefficient (Wildman–Crippen LogP) is 5.92. The second kappa shape index (κ2) is 13.0. The molecule has 0 aliphatic rings. The Hall–Kier alpha value is -3.80. The number of aromatic carboxylic acids is 2. The van der Waals surface area contributed by atoms with E-state index in [2.05, 4.69) is 41.7 Å². The highest BCUT2D eigenvalue weighted by Gasteiger charge is 2.16. The summed E-state index contributed by atoms with van der Waals surface area (Å²) >= 11 is 0. The number of carboxylic acid groups (broad SMARTS) is 2. The molecule has 0 fully saturated rings. The molecule has 0 atom stereocenters. The molecule has 0 saturated heterocycles. The minimum absolute atomic E-state index is 0.215. The van der Waals surface area contributed by atoms with E-state index in [0.717, 1.165) is 44.5 Å². The second-order valence-corrected chi connectivity index (χ2v) is 8.19. The van der Waals surface area contributed by atoms with Crippen molar-refractivity contribution in [3.63, 3.8) is 0 Å². The molecule has 3 N–H and O–H groups in total. The van der Waals surface area contributed by atoms with Gasteiger partial charge in [0.15, 0.2) is 0 Å². The fourth-order valence-corrected chi connectivity index (χ4v) is 3.74. The van der Waals surface area contributed by atoms with Gasteiger partial charge in [0.1, 0.15) is 5.75 Å². The van der Waals surface area contributed by atoms with Crippen LogP contribution >= 0.6 is 0 Å². The largest absolute Gasteiger partial charge is 0.494 e. The molecule has 0 bridgehead atoms. The molecule has 0 spiro atoms. The summed E-state index contributed by atoms with van der Waals surface area (Å²) in [6.45, 7) is 1.36. The quantitative estimate of drug-likeness (QED) is 0.258. The summed E-state index contributed by atoms with van der Waals surface area (Å²) in [4.78, 5) is 22.4. The molecule has 3 aromatic rings. The summed E-state index contributed by atoms with van der Waals surface area (Å²) in [5, 5.41) is 21.5. The summed E-state index contributed by atoms with van der Waals surface area (Å²) < 4.78 is 5.85. The normalized spacial score (nSPS) is 10.6. The number of anilines is 1. The highest BCUT2D eigenvalue weighted by atomic mass is 16.5. The lowest BCUT2D eigenvalue weighted by Gasteiger charge is -2.10. The number of carboxylic acids is 2. The van der Waals surface area contributed by atoms with Crippen LogP contribution in [0.5, 0.6) is 5.75 Å². The Labute approximate surface area is 200 Å². The molecule has 3 rings (SSSR count). The summed E-state index contributed by atoms with van der Waals surface area (Å²) in [5.41, 5.74) is 2.74. The van der Waals surface area contributed by atoms with Crippen molar-refractivity contribution in [1.82, 2.24) is 0 Å². The maximum Gasteiger partial charge on any atom is 0.336 e. The van der Waals surface area contributed by atoms with Gasteiger partial charge in [-0.05, 0) is 80.0 Å². The van der Waals surface area contributed by atoms with Gasteiger partial charge in [-0.2, -0.15) is 0 Å². The number of nitrogens with one attached hydrogen (secondary N) is 1.